The molecule has 1 fully saturated rings. The summed E-state index contributed by atoms with van der Waals surface area (Å²) in [5.74, 6) is 0.470. The molecule has 17 heavy (non-hydrogen) atoms. The van der Waals surface area contributed by atoms with E-state index in [4.69, 9.17) is 4.74 Å². The van der Waals surface area contributed by atoms with Crippen molar-refractivity contribution in [3.05, 3.63) is 29.8 Å². The number of imide groups is 1. The van der Waals surface area contributed by atoms with Gasteiger partial charge in [-0.15, -0.1) is 0 Å². The molecule has 0 aliphatic carbocycles. The molecule has 2 rings (SSSR count). The molecule has 1 aromatic carbocycles. The third-order valence-electron chi connectivity index (χ3n) is 2.83. The Labute approximate surface area is 99.2 Å². The average molecular weight is 234 g/mol. The number of hydrogen-bond acceptors (Lipinski definition) is 3. The van der Waals surface area contributed by atoms with Gasteiger partial charge < -0.3 is 10.1 Å². The second-order valence-electron chi connectivity index (χ2n) is 4.27. The Bertz CT molecular complexity index is 455. The molecule has 1 aliphatic heterocycles. The van der Waals surface area contributed by atoms with Gasteiger partial charge in [-0.05, 0) is 24.6 Å². The number of rotatable bonds is 3. The summed E-state index contributed by atoms with van der Waals surface area (Å²) in [5.41, 5.74) is 0.0942. The molecule has 1 aliphatic rings. The van der Waals surface area contributed by atoms with Gasteiger partial charge in [0.15, 0.2) is 0 Å². The third-order valence-corrected chi connectivity index (χ3v) is 2.83. The first-order valence-electron chi connectivity index (χ1n) is 5.30. The topological polar surface area (TPSA) is 67.4 Å². The van der Waals surface area contributed by atoms with Gasteiger partial charge in [-0.25, -0.2) is 4.79 Å². The third kappa shape index (κ3) is 2.22. The van der Waals surface area contributed by atoms with Crippen LogP contribution in [0.25, 0.3) is 0 Å². The van der Waals surface area contributed by atoms with Crippen LogP contribution in [0.15, 0.2) is 24.3 Å². The van der Waals surface area contributed by atoms with E-state index in [1.165, 1.54) is 0 Å². The highest BCUT2D eigenvalue weighted by atomic mass is 16.5. The minimum atomic E-state index is -0.869. The maximum atomic E-state index is 11.6. The SMILES string of the molecule is COc1ccc(C[C@]2(C)NC(=O)NC2=O)cc1. The average Bonchev–Trinajstić information content (AvgIpc) is 2.53. The van der Waals surface area contributed by atoms with Gasteiger partial charge in [0, 0.05) is 6.42 Å². The zero-order valence-electron chi connectivity index (χ0n) is 9.74. The van der Waals surface area contributed by atoms with Crippen LogP contribution < -0.4 is 15.4 Å². The van der Waals surface area contributed by atoms with Gasteiger partial charge in [0.1, 0.15) is 11.3 Å². The van der Waals surface area contributed by atoms with E-state index >= 15 is 0 Å². The molecule has 0 aromatic heterocycles. The van der Waals surface area contributed by atoms with Crippen LogP contribution >= 0.6 is 0 Å². The quantitative estimate of drug-likeness (QED) is 0.761. The van der Waals surface area contributed by atoms with Crippen molar-refractivity contribution in [2.45, 2.75) is 18.9 Å². The molecule has 0 radical (unpaired) electrons. The Morgan fingerprint density at radius 3 is 2.35 bits per heavy atom. The summed E-state index contributed by atoms with van der Waals surface area (Å²) >= 11 is 0. The Hall–Kier alpha value is -2.04. The van der Waals surface area contributed by atoms with E-state index in [-0.39, 0.29) is 5.91 Å². The van der Waals surface area contributed by atoms with Crippen LogP contribution in [0.2, 0.25) is 0 Å². The van der Waals surface area contributed by atoms with Crippen molar-refractivity contribution in [3.8, 4) is 5.75 Å². The van der Waals surface area contributed by atoms with Gasteiger partial charge in [-0.1, -0.05) is 12.1 Å². The zero-order chi connectivity index (χ0) is 12.5. The Kier molecular flexibility index (Phi) is 2.75. The van der Waals surface area contributed by atoms with Crippen LogP contribution in [0.5, 0.6) is 5.75 Å². The van der Waals surface area contributed by atoms with Crippen LogP contribution in [0.1, 0.15) is 12.5 Å². The van der Waals surface area contributed by atoms with Gasteiger partial charge in [0.2, 0.25) is 0 Å². The number of ether oxygens (including phenoxy) is 1. The Balaban J connectivity index is 2.14. The fourth-order valence-electron chi connectivity index (χ4n) is 1.86. The van der Waals surface area contributed by atoms with Crippen molar-refractivity contribution < 1.29 is 14.3 Å². The zero-order valence-corrected chi connectivity index (χ0v) is 9.74. The number of hydrogen-bond donors (Lipinski definition) is 2. The predicted molar refractivity (Wildman–Crippen MR) is 61.8 cm³/mol. The van der Waals surface area contributed by atoms with Crippen LogP contribution in [-0.4, -0.2) is 24.6 Å². The molecule has 2 N–H and O–H groups in total. The van der Waals surface area contributed by atoms with E-state index in [1.54, 1.807) is 14.0 Å². The lowest BCUT2D eigenvalue weighted by molar-refractivity contribution is -0.123. The first-order chi connectivity index (χ1) is 8.03. The molecule has 5 nitrogen and oxygen atoms in total. The van der Waals surface area contributed by atoms with Gasteiger partial charge >= 0.3 is 6.03 Å². The van der Waals surface area contributed by atoms with Crippen molar-refractivity contribution >= 4 is 11.9 Å². The molecule has 0 bridgehead atoms. The molecule has 3 amide bonds. The molecular weight excluding hydrogens is 220 g/mol. The number of benzene rings is 1. The second kappa shape index (κ2) is 4.08. The summed E-state index contributed by atoms with van der Waals surface area (Å²) in [7, 11) is 1.60. The number of carbonyl (C=O) groups excluding carboxylic acids is 2. The summed E-state index contributed by atoms with van der Waals surface area (Å²) in [6, 6.07) is 6.97. The number of urea groups is 1. The maximum Gasteiger partial charge on any atom is 0.322 e. The molecule has 1 saturated heterocycles. The van der Waals surface area contributed by atoms with Gasteiger partial charge in [0.25, 0.3) is 5.91 Å². The van der Waals surface area contributed by atoms with Gasteiger partial charge in [-0.3, -0.25) is 10.1 Å². The van der Waals surface area contributed by atoms with Crippen LogP contribution in [0.4, 0.5) is 4.79 Å². The van der Waals surface area contributed by atoms with Crippen molar-refractivity contribution in [2.75, 3.05) is 7.11 Å². The van der Waals surface area contributed by atoms with Gasteiger partial charge in [-0.2, -0.15) is 0 Å². The fraction of sp³-hybridized carbons (Fsp3) is 0.333. The first-order valence-corrected chi connectivity index (χ1v) is 5.30. The summed E-state index contributed by atoms with van der Waals surface area (Å²) in [5, 5.41) is 4.86. The largest absolute Gasteiger partial charge is 0.497 e. The van der Waals surface area contributed by atoms with Crippen LogP contribution in [0.3, 0.4) is 0 Å². The van der Waals surface area contributed by atoms with Crippen LogP contribution in [-0.2, 0) is 11.2 Å². The Morgan fingerprint density at radius 1 is 1.24 bits per heavy atom. The molecule has 1 atom stereocenters. The molecule has 1 heterocycles. The molecule has 0 saturated carbocycles. The highest BCUT2D eigenvalue weighted by Crippen LogP contribution is 2.19. The lowest BCUT2D eigenvalue weighted by Crippen LogP contribution is -2.45. The first kappa shape index (κ1) is 11.4. The predicted octanol–water partition coefficient (Wildman–Crippen LogP) is 0.836. The minimum Gasteiger partial charge on any atom is -0.497 e. The highest BCUT2D eigenvalue weighted by Gasteiger charge is 2.41. The second-order valence-corrected chi connectivity index (χ2v) is 4.27. The van der Waals surface area contributed by atoms with Crippen molar-refractivity contribution in [3.63, 3.8) is 0 Å². The normalized spacial score (nSPS) is 23.2. The summed E-state index contributed by atoms with van der Waals surface area (Å²) < 4.78 is 5.05. The van der Waals surface area contributed by atoms with E-state index in [2.05, 4.69) is 10.6 Å². The minimum absolute atomic E-state index is 0.293. The van der Waals surface area contributed by atoms with E-state index in [1.807, 2.05) is 24.3 Å². The lowest BCUT2D eigenvalue weighted by Gasteiger charge is -2.20. The summed E-state index contributed by atoms with van der Waals surface area (Å²) in [4.78, 5) is 22.7. The maximum absolute atomic E-state index is 11.6. The standard InChI is InChI=1S/C12H14N2O3/c1-12(10(15)13-11(16)14-12)7-8-3-5-9(17-2)6-4-8/h3-6H,7H2,1-2H3,(H2,13,14,15,16)/t12-/m0/s1. The number of carbonyl (C=O) groups is 2. The summed E-state index contributed by atoms with van der Waals surface area (Å²) in [6.07, 6.45) is 0.453. The van der Waals surface area contributed by atoms with E-state index in [9.17, 15) is 9.59 Å². The number of methoxy groups -OCH3 is 1. The molecule has 0 spiro atoms. The van der Waals surface area contributed by atoms with E-state index in [0.29, 0.717) is 6.42 Å². The molecular formula is C12H14N2O3. The highest BCUT2D eigenvalue weighted by molar-refractivity contribution is 6.06. The van der Waals surface area contributed by atoms with E-state index < -0.39 is 11.6 Å². The smallest absolute Gasteiger partial charge is 0.322 e. The molecule has 0 unspecified atom stereocenters. The number of nitrogens with one attached hydrogen (secondary N) is 2. The number of amides is 3. The van der Waals surface area contributed by atoms with Crippen molar-refractivity contribution in [1.29, 1.82) is 0 Å². The van der Waals surface area contributed by atoms with Gasteiger partial charge in [0.05, 0.1) is 7.11 Å². The van der Waals surface area contributed by atoms with E-state index in [0.717, 1.165) is 11.3 Å². The molecule has 5 heteroatoms. The lowest BCUT2D eigenvalue weighted by atomic mass is 9.93. The van der Waals surface area contributed by atoms with Crippen molar-refractivity contribution in [1.82, 2.24) is 10.6 Å². The molecule has 90 valence electrons. The monoisotopic (exact) mass is 234 g/mol. The Morgan fingerprint density at radius 2 is 1.88 bits per heavy atom. The molecule has 1 aromatic rings. The van der Waals surface area contributed by atoms with Crippen LogP contribution in [0, 0.1) is 0 Å². The van der Waals surface area contributed by atoms with Crippen molar-refractivity contribution in [2.24, 2.45) is 0 Å². The summed E-state index contributed by atoms with van der Waals surface area (Å²) in [6.45, 7) is 1.71. The fourth-order valence-corrected chi connectivity index (χ4v) is 1.86.